The lowest BCUT2D eigenvalue weighted by Crippen LogP contribution is -2.25. The van der Waals surface area contributed by atoms with Crippen molar-refractivity contribution in [3.05, 3.63) is 24.4 Å². The maximum atomic E-state index is 4.40. The third-order valence-electron chi connectivity index (χ3n) is 1.80. The van der Waals surface area contributed by atoms with Gasteiger partial charge in [-0.15, -0.1) is 0 Å². The number of aromatic nitrogens is 3. The van der Waals surface area contributed by atoms with Gasteiger partial charge in [0.05, 0.1) is 0 Å². The van der Waals surface area contributed by atoms with Gasteiger partial charge in [0, 0.05) is 23.3 Å². The van der Waals surface area contributed by atoms with Crippen molar-refractivity contribution in [1.29, 1.82) is 0 Å². The molecule has 0 aliphatic carbocycles. The third-order valence-corrected chi connectivity index (χ3v) is 2.43. The van der Waals surface area contributed by atoms with Crippen LogP contribution in [0, 0.1) is 0 Å². The minimum Gasteiger partial charge on any atom is -0.356 e. The van der Waals surface area contributed by atoms with Gasteiger partial charge in [0.25, 0.3) is 0 Å². The van der Waals surface area contributed by atoms with Crippen molar-refractivity contribution in [3.63, 3.8) is 0 Å². The van der Waals surface area contributed by atoms with E-state index in [4.69, 9.17) is 0 Å². The monoisotopic (exact) mass is 234 g/mol. The molecule has 2 aromatic heterocycles. The minimum absolute atomic E-state index is 0.000912. The zero-order chi connectivity index (χ0) is 11.6. The largest absolute Gasteiger partial charge is 0.356 e. The number of hydrogen-bond donors (Lipinski definition) is 1. The molecule has 0 unspecified atom stereocenters. The predicted molar refractivity (Wildman–Crippen MR) is 66.5 cm³/mol. The summed E-state index contributed by atoms with van der Waals surface area (Å²) >= 11 is 1.36. The molecule has 0 aliphatic heterocycles. The van der Waals surface area contributed by atoms with Crippen molar-refractivity contribution in [2.45, 2.75) is 26.3 Å². The van der Waals surface area contributed by atoms with E-state index < -0.39 is 0 Å². The molecule has 2 heterocycles. The van der Waals surface area contributed by atoms with Gasteiger partial charge in [-0.2, -0.15) is 9.36 Å². The van der Waals surface area contributed by atoms with Crippen LogP contribution in [0.3, 0.4) is 0 Å². The van der Waals surface area contributed by atoms with Gasteiger partial charge in [0.1, 0.15) is 5.69 Å². The molecule has 0 saturated heterocycles. The molecule has 0 aliphatic rings. The van der Waals surface area contributed by atoms with Crippen LogP contribution in [-0.4, -0.2) is 19.9 Å². The van der Waals surface area contributed by atoms with Crippen molar-refractivity contribution in [2.75, 3.05) is 5.32 Å². The molecule has 0 spiro atoms. The van der Waals surface area contributed by atoms with E-state index >= 15 is 0 Å². The second-order valence-corrected chi connectivity index (χ2v) is 5.26. The van der Waals surface area contributed by atoms with Crippen molar-refractivity contribution in [3.8, 4) is 11.5 Å². The van der Waals surface area contributed by atoms with Crippen molar-refractivity contribution in [1.82, 2.24) is 14.3 Å². The fraction of sp³-hybridized carbons (Fsp3) is 0.364. The van der Waals surface area contributed by atoms with E-state index in [-0.39, 0.29) is 5.54 Å². The smallest absolute Gasteiger partial charge is 0.203 e. The first kappa shape index (κ1) is 11.0. The van der Waals surface area contributed by atoms with Crippen LogP contribution < -0.4 is 5.32 Å². The molecule has 2 rings (SSSR count). The summed E-state index contributed by atoms with van der Waals surface area (Å²) in [6.07, 6.45) is 1.74. The average molecular weight is 234 g/mol. The Morgan fingerprint density at radius 1 is 1.25 bits per heavy atom. The van der Waals surface area contributed by atoms with Crippen molar-refractivity contribution in [2.24, 2.45) is 0 Å². The number of nitrogens with one attached hydrogen (secondary N) is 1. The van der Waals surface area contributed by atoms with Gasteiger partial charge in [-0.05, 0) is 32.9 Å². The molecule has 0 aromatic carbocycles. The van der Waals surface area contributed by atoms with E-state index in [0.717, 1.165) is 10.8 Å². The summed E-state index contributed by atoms with van der Waals surface area (Å²) < 4.78 is 4.28. The van der Waals surface area contributed by atoms with Gasteiger partial charge < -0.3 is 5.32 Å². The van der Waals surface area contributed by atoms with Gasteiger partial charge in [-0.25, -0.2) is 0 Å². The topological polar surface area (TPSA) is 50.7 Å². The van der Waals surface area contributed by atoms with E-state index in [2.05, 4.69) is 40.4 Å². The fourth-order valence-electron chi connectivity index (χ4n) is 1.19. The molecule has 1 N–H and O–H groups in total. The van der Waals surface area contributed by atoms with E-state index in [1.807, 2.05) is 18.2 Å². The third kappa shape index (κ3) is 2.76. The maximum absolute atomic E-state index is 4.40. The predicted octanol–water partition coefficient (Wildman–Crippen LogP) is 2.81. The highest BCUT2D eigenvalue weighted by Gasteiger charge is 2.13. The lowest BCUT2D eigenvalue weighted by atomic mass is 10.1. The molecule has 5 heteroatoms. The molecule has 0 fully saturated rings. The standard InChI is InChI=1S/C11H14N4S/c1-11(2,3)14-10-13-9(15-16-10)8-6-4-5-7-12-8/h4-7H,1-3H3,(H,13,14,15). The Bertz CT molecular complexity index is 458. The molecule has 0 amide bonds. The Morgan fingerprint density at radius 2 is 2.06 bits per heavy atom. The molecular weight excluding hydrogens is 220 g/mol. The van der Waals surface area contributed by atoms with Crippen LogP contribution in [0.15, 0.2) is 24.4 Å². The summed E-state index contributed by atoms with van der Waals surface area (Å²) in [7, 11) is 0. The van der Waals surface area contributed by atoms with Gasteiger partial charge >= 0.3 is 0 Å². The lowest BCUT2D eigenvalue weighted by Gasteiger charge is -2.18. The van der Waals surface area contributed by atoms with E-state index in [1.54, 1.807) is 6.20 Å². The molecule has 2 aromatic rings. The van der Waals surface area contributed by atoms with Gasteiger partial charge in [0.2, 0.25) is 5.13 Å². The molecule has 4 nitrogen and oxygen atoms in total. The van der Waals surface area contributed by atoms with Gasteiger partial charge in [-0.3, -0.25) is 4.98 Å². The Balaban J connectivity index is 2.21. The van der Waals surface area contributed by atoms with Crippen LogP contribution >= 0.6 is 11.5 Å². The first-order valence-corrected chi connectivity index (χ1v) is 5.85. The molecule has 0 saturated carbocycles. The maximum Gasteiger partial charge on any atom is 0.203 e. The fourth-order valence-corrected chi connectivity index (χ4v) is 1.98. The highest BCUT2D eigenvalue weighted by molar-refractivity contribution is 7.09. The average Bonchev–Trinajstić information content (AvgIpc) is 2.65. The second kappa shape index (κ2) is 4.17. The summed E-state index contributed by atoms with van der Waals surface area (Å²) in [6.45, 7) is 6.28. The summed E-state index contributed by atoms with van der Waals surface area (Å²) in [6, 6.07) is 5.72. The minimum atomic E-state index is 0.000912. The molecular formula is C11H14N4S. The lowest BCUT2D eigenvalue weighted by molar-refractivity contribution is 0.633. The summed E-state index contributed by atoms with van der Waals surface area (Å²) in [5.74, 6) is 0.678. The van der Waals surface area contributed by atoms with Crippen molar-refractivity contribution >= 4 is 16.7 Å². The van der Waals surface area contributed by atoms with E-state index in [9.17, 15) is 0 Å². The number of rotatable bonds is 2. The van der Waals surface area contributed by atoms with Gasteiger partial charge in [-0.1, -0.05) is 6.07 Å². The number of hydrogen-bond acceptors (Lipinski definition) is 5. The van der Waals surface area contributed by atoms with Crippen LogP contribution in [-0.2, 0) is 0 Å². The summed E-state index contributed by atoms with van der Waals surface area (Å²) in [5, 5.41) is 4.12. The van der Waals surface area contributed by atoms with Crippen LogP contribution in [0.2, 0.25) is 0 Å². The Labute approximate surface area is 98.9 Å². The summed E-state index contributed by atoms with van der Waals surface area (Å²) in [5.41, 5.74) is 0.807. The zero-order valence-corrected chi connectivity index (χ0v) is 10.4. The van der Waals surface area contributed by atoms with E-state index in [1.165, 1.54) is 11.5 Å². The molecule has 84 valence electrons. The van der Waals surface area contributed by atoms with Crippen LogP contribution in [0.5, 0.6) is 0 Å². The zero-order valence-electron chi connectivity index (χ0n) is 9.56. The highest BCUT2D eigenvalue weighted by atomic mass is 32.1. The molecule has 16 heavy (non-hydrogen) atoms. The Morgan fingerprint density at radius 3 is 2.69 bits per heavy atom. The second-order valence-electron chi connectivity index (χ2n) is 4.51. The number of anilines is 1. The van der Waals surface area contributed by atoms with Crippen molar-refractivity contribution < 1.29 is 0 Å². The first-order chi connectivity index (χ1) is 7.54. The Hall–Kier alpha value is -1.49. The van der Waals surface area contributed by atoms with Crippen LogP contribution in [0.25, 0.3) is 11.5 Å². The summed E-state index contributed by atoms with van der Waals surface area (Å²) in [4.78, 5) is 8.61. The first-order valence-electron chi connectivity index (χ1n) is 5.08. The normalized spacial score (nSPS) is 11.4. The molecule has 0 radical (unpaired) electrons. The quantitative estimate of drug-likeness (QED) is 0.868. The van der Waals surface area contributed by atoms with E-state index in [0.29, 0.717) is 5.82 Å². The van der Waals surface area contributed by atoms with Crippen LogP contribution in [0.1, 0.15) is 20.8 Å². The highest BCUT2D eigenvalue weighted by Crippen LogP contribution is 2.21. The molecule has 0 atom stereocenters. The van der Waals surface area contributed by atoms with Crippen LogP contribution in [0.4, 0.5) is 5.13 Å². The molecule has 0 bridgehead atoms. The number of pyridine rings is 1. The van der Waals surface area contributed by atoms with Gasteiger partial charge in [0.15, 0.2) is 5.82 Å². The SMILES string of the molecule is CC(C)(C)Nc1nc(-c2ccccn2)ns1. The number of nitrogens with zero attached hydrogens (tertiary/aromatic N) is 3. The Kier molecular flexibility index (Phi) is 2.87.